The summed E-state index contributed by atoms with van der Waals surface area (Å²) in [6, 6.07) is 16.4. The van der Waals surface area contributed by atoms with Crippen LogP contribution in [0.5, 0.6) is 5.75 Å². The lowest BCUT2D eigenvalue weighted by atomic mass is 9.76. The Morgan fingerprint density at radius 3 is 2.65 bits per heavy atom. The van der Waals surface area contributed by atoms with Gasteiger partial charge in [0.25, 0.3) is 0 Å². The number of fused-ring (bicyclic) bond motifs is 2. The average molecular weight is 370 g/mol. The number of carbonyl (C=O) groups is 1. The van der Waals surface area contributed by atoms with Crippen LogP contribution in [0.15, 0.2) is 48.5 Å². The standard InChI is InChI=1S/C22H24ClNO2/c1-14-4-3-5-18(12-14)26-22(25)21-19(15-6-8-16(23)9-7-15)13-17-10-11-20(21)24(17)2/h3-9,12,17,19-21H,10-11,13H2,1-2H3/t17?,19-,20?,21?/m1/s1. The molecule has 4 rings (SSSR count). The fraction of sp³-hybridized carbons (Fsp3) is 0.409. The Labute approximate surface area is 159 Å². The number of ether oxygens (including phenoxy) is 1. The molecule has 0 N–H and O–H groups in total. The summed E-state index contributed by atoms with van der Waals surface area (Å²) in [5.74, 6) is 0.541. The van der Waals surface area contributed by atoms with Crippen LogP contribution >= 0.6 is 11.6 Å². The topological polar surface area (TPSA) is 29.5 Å². The first-order chi connectivity index (χ1) is 12.5. The molecular formula is C22H24ClNO2. The van der Waals surface area contributed by atoms with Gasteiger partial charge in [-0.25, -0.2) is 0 Å². The number of piperidine rings is 1. The number of hydrogen-bond donors (Lipinski definition) is 0. The first-order valence-corrected chi connectivity index (χ1v) is 9.66. The van der Waals surface area contributed by atoms with Gasteiger partial charge in [0.2, 0.25) is 0 Å². The minimum absolute atomic E-state index is 0.118. The first-order valence-electron chi connectivity index (χ1n) is 9.28. The van der Waals surface area contributed by atoms with Crippen molar-refractivity contribution in [1.82, 2.24) is 4.90 Å². The second-order valence-electron chi connectivity index (χ2n) is 7.62. The fourth-order valence-electron chi connectivity index (χ4n) is 4.70. The summed E-state index contributed by atoms with van der Waals surface area (Å²) in [6.07, 6.45) is 3.19. The largest absolute Gasteiger partial charge is 0.426 e. The molecule has 2 heterocycles. The van der Waals surface area contributed by atoms with Crippen molar-refractivity contribution in [2.24, 2.45) is 5.92 Å². The highest BCUT2D eigenvalue weighted by Gasteiger charge is 2.49. The first kappa shape index (κ1) is 17.6. The van der Waals surface area contributed by atoms with Gasteiger partial charge in [0.1, 0.15) is 5.75 Å². The highest BCUT2D eigenvalue weighted by molar-refractivity contribution is 6.30. The molecule has 0 spiro atoms. The molecule has 0 amide bonds. The van der Waals surface area contributed by atoms with Gasteiger partial charge in [-0.15, -0.1) is 0 Å². The molecule has 2 aromatic carbocycles. The summed E-state index contributed by atoms with van der Waals surface area (Å²) in [7, 11) is 2.15. The van der Waals surface area contributed by atoms with Crippen LogP contribution in [0.2, 0.25) is 5.02 Å². The maximum absolute atomic E-state index is 13.2. The molecule has 0 saturated carbocycles. The lowest BCUT2D eigenvalue weighted by Crippen LogP contribution is -2.49. The van der Waals surface area contributed by atoms with E-state index in [-0.39, 0.29) is 23.8 Å². The summed E-state index contributed by atoms with van der Waals surface area (Å²) >= 11 is 6.06. The Hall–Kier alpha value is -1.84. The summed E-state index contributed by atoms with van der Waals surface area (Å²) in [5.41, 5.74) is 2.27. The van der Waals surface area contributed by atoms with Crippen molar-refractivity contribution < 1.29 is 9.53 Å². The van der Waals surface area contributed by atoms with E-state index in [9.17, 15) is 4.79 Å². The number of halogens is 1. The van der Waals surface area contributed by atoms with Crippen molar-refractivity contribution in [3.63, 3.8) is 0 Å². The lowest BCUT2D eigenvalue weighted by molar-refractivity contribution is -0.143. The molecule has 4 heteroatoms. The maximum Gasteiger partial charge on any atom is 0.316 e. The van der Waals surface area contributed by atoms with Gasteiger partial charge in [-0.2, -0.15) is 0 Å². The minimum atomic E-state index is -0.152. The second kappa shape index (κ2) is 7.05. The molecule has 4 atom stereocenters. The smallest absolute Gasteiger partial charge is 0.316 e. The third-order valence-electron chi connectivity index (χ3n) is 6.05. The molecule has 0 radical (unpaired) electrons. The third-order valence-corrected chi connectivity index (χ3v) is 6.30. The van der Waals surface area contributed by atoms with E-state index in [0.29, 0.717) is 11.8 Å². The third kappa shape index (κ3) is 3.26. The number of nitrogens with zero attached hydrogens (tertiary/aromatic N) is 1. The molecule has 2 aliphatic rings. The number of carbonyl (C=O) groups excluding carboxylic acids is 1. The average Bonchev–Trinajstić information content (AvgIpc) is 2.85. The van der Waals surface area contributed by atoms with Crippen molar-refractivity contribution in [2.75, 3.05) is 7.05 Å². The number of aryl methyl sites for hydroxylation is 1. The number of esters is 1. The molecule has 2 fully saturated rings. The molecular weight excluding hydrogens is 346 g/mol. The summed E-state index contributed by atoms with van der Waals surface area (Å²) in [6.45, 7) is 2.00. The van der Waals surface area contributed by atoms with Gasteiger partial charge >= 0.3 is 5.97 Å². The van der Waals surface area contributed by atoms with Gasteiger partial charge in [0.15, 0.2) is 0 Å². The van der Waals surface area contributed by atoms with E-state index < -0.39 is 0 Å². The number of rotatable bonds is 3. The van der Waals surface area contributed by atoms with Crippen LogP contribution < -0.4 is 4.74 Å². The SMILES string of the molecule is Cc1cccc(OC(=O)C2C3CCC(C[C@@H]2c2ccc(Cl)cc2)N3C)c1. The molecule has 3 unspecified atom stereocenters. The monoisotopic (exact) mass is 369 g/mol. The van der Waals surface area contributed by atoms with Crippen LogP contribution in [0.25, 0.3) is 0 Å². The zero-order chi connectivity index (χ0) is 18.3. The highest BCUT2D eigenvalue weighted by atomic mass is 35.5. The van der Waals surface area contributed by atoms with Crippen molar-refractivity contribution in [3.8, 4) is 5.75 Å². The van der Waals surface area contributed by atoms with Crippen LogP contribution in [0.1, 0.15) is 36.3 Å². The van der Waals surface area contributed by atoms with Gasteiger partial charge in [0, 0.05) is 23.0 Å². The Morgan fingerprint density at radius 2 is 1.92 bits per heavy atom. The molecule has 3 nitrogen and oxygen atoms in total. The van der Waals surface area contributed by atoms with Gasteiger partial charge in [0.05, 0.1) is 5.92 Å². The predicted molar refractivity (Wildman–Crippen MR) is 104 cm³/mol. The minimum Gasteiger partial charge on any atom is -0.426 e. The molecule has 0 aliphatic carbocycles. The molecule has 2 saturated heterocycles. The normalized spacial score (nSPS) is 28.1. The van der Waals surface area contributed by atoms with Gasteiger partial charge in [-0.05, 0) is 68.6 Å². The van der Waals surface area contributed by atoms with Crippen LogP contribution in [0.4, 0.5) is 0 Å². The van der Waals surface area contributed by atoms with E-state index in [1.807, 2.05) is 43.3 Å². The Morgan fingerprint density at radius 1 is 1.15 bits per heavy atom. The summed E-state index contributed by atoms with van der Waals surface area (Å²) < 4.78 is 5.82. The zero-order valence-corrected chi connectivity index (χ0v) is 15.9. The van der Waals surface area contributed by atoms with Crippen LogP contribution in [-0.4, -0.2) is 30.0 Å². The van der Waals surface area contributed by atoms with E-state index >= 15 is 0 Å². The lowest BCUT2D eigenvalue weighted by Gasteiger charge is -2.41. The summed E-state index contributed by atoms with van der Waals surface area (Å²) in [5, 5.41) is 0.725. The van der Waals surface area contributed by atoms with Crippen molar-refractivity contribution >= 4 is 17.6 Å². The number of benzene rings is 2. The molecule has 2 aliphatic heterocycles. The van der Waals surface area contributed by atoms with Gasteiger partial charge < -0.3 is 4.74 Å². The Balaban J connectivity index is 1.64. The maximum atomic E-state index is 13.2. The molecule has 0 aromatic heterocycles. The van der Waals surface area contributed by atoms with Crippen molar-refractivity contribution in [3.05, 3.63) is 64.7 Å². The molecule has 2 bridgehead atoms. The van der Waals surface area contributed by atoms with Crippen LogP contribution in [-0.2, 0) is 4.79 Å². The van der Waals surface area contributed by atoms with E-state index in [0.717, 1.165) is 29.8 Å². The van der Waals surface area contributed by atoms with Crippen LogP contribution in [0, 0.1) is 12.8 Å². The van der Waals surface area contributed by atoms with Gasteiger partial charge in [-0.3, -0.25) is 9.69 Å². The molecule has 136 valence electrons. The molecule has 26 heavy (non-hydrogen) atoms. The highest BCUT2D eigenvalue weighted by Crippen LogP contribution is 2.46. The second-order valence-corrected chi connectivity index (χ2v) is 8.06. The Bertz CT molecular complexity index is 804. The quantitative estimate of drug-likeness (QED) is 0.573. The van der Waals surface area contributed by atoms with Gasteiger partial charge in [-0.1, -0.05) is 35.9 Å². The van der Waals surface area contributed by atoms with Crippen molar-refractivity contribution in [2.45, 2.75) is 44.2 Å². The van der Waals surface area contributed by atoms with E-state index in [2.05, 4.69) is 24.1 Å². The van der Waals surface area contributed by atoms with E-state index in [1.54, 1.807) is 0 Å². The van der Waals surface area contributed by atoms with E-state index in [1.165, 1.54) is 5.56 Å². The molecule has 2 aromatic rings. The predicted octanol–water partition coefficient (Wildman–Crippen LogP) is 4.82. The summed E-state index contributed by atoms with van der Waals surface area (Å²) in [4.78, 5) is 15.6. The van der Waals surface area contributed by atoms with E-state index in [4.69, 9.17) is 16.3 Å². The van der Waals surface area contributed by atoms with Crippen LogP contribution in [0.3, 0.4) is 0 Å². The Kier molecular flexibility index (Phi) is 4.76. The number of hydrogen-bond acceptors (Lipinski definition) is 3. The fourth-order valence-corrected chi connectivity index (χ4v) is 4.83. The zero-order valence-electron chi connectivity index (χ0n) is 15.2. The van der Waals surface area contributed by atoms with Crippen molar-refractivity contribution in [1.29, 1.82) is 0 Å².